The van der Waals surface area contributed by atoms with E-state index in [4.69, 9.17) is 23.7 Å². The van der Waals surface area contributed by atoms with Gasteiger partial charge in [0, 0.05) is 20.8 Å². The first kappa shape index (κ1) is 34.4. The highest BCUT2D eigenvalue weighted by Crippen LogP contribution is 2.32. The molecule has 0 aliphatic carbocycles. The first-order chi connectivity index (χ1) is 19.7. The fourth-order valence-electron chi connectivity index (χ4n) is 5.26. The number of aliphatic hydroxyl groups excluding tert-OH is 7. The molecule has 3 saturated heterocycles. The van der Waals surface area contributed by atoms with Crippen LogP contribution in [-0.4, -0.2) is 159 Å². The molecule has 10 N–H and O–H groups in total. The second-order valence-corrected chi connectivity index (χ2v) is 10.5. The molecule has 3 heterocycles. The van der Waals surface area contributed by atoms with E-state index < -0.39 is 123 Å². The van der Waals surface area contributed by atoms with Crippen molar-refractivity contribution < 1.29 is 73.8 Å². The van der Waals surface area contributed by atoms with Gasteiger partial charge in [-0.25, -0.2) is 0 Å². The Morgan fingerprint density at radius 3 is 1.67 bits per heavy atom. The maximum Gasteiger partial charge on any atom is 0.217 e. The lowest BCUT2D eigenvalue weighted by Crippen LogP contribution is -2.71. The molecule has 18 heteroatoms. The Morgan fingerprint density at radius 2 is 1.12 bits per heavy atom. The summed E-state index contributed by atoms with van der Waals surface area (Å²) in [5.41, 5.74) is 0. The van der Waals surface area contributed by atoms with Crippen molar-refractivity contribution >= 4 is 17.7 Å². The minimum absolute atomic E-state index is 0.494. The minimum atomic E-state index is -1.84. The highest BCUT2D eigenvalue weighted by atomic mass is 16.7. The topological polar surface area (TPSA) is 275 Å². The molecule has 0 saturated carbocycles. The summed E-state index contributed by atoms with van der Waals surface area (Å²) in [7, 11) is 0. The molecule has 3 fully saturated rings. The average Bonchev–Trinajstić information content (AvgIpc) is 2.91. The van der Waals surface area contributed by atoms with Gasteiger partial charge in [0.1, 0.15) is 60.9 Å². The summed E-state index contributed by atoms with van der Waals surface area (Å²) in [6, 6.07) is -3.67. The second kappa shape index (κ2) is 14.6. The molecule has 0 aromatic heterocycles. The number of carbonyl (C=O) groups is 3. The first-order valence-electron chi connectivity index (χ1n) is 13.4. The van der Waals surface area contributed by atoms with E-state index in [0.29, 0.717) is 0 Å². The van der Waals surface area contributed by atoms with Gasteiger partial charge in [-0.05, 0) is 6.92 Å². The zero-order valence-electron chi connectivity index (χ0n) is 23.5. The zero-order chi connectivity index (χ0) is 31.5. The standard InChI is InChI=1S/C24H41N3O15/c1-7-13(25-8(2)30)21(15(22(37)38-7)27-10(4)32)42-23-14(26-9(3)31)17(34)20(12(6-29)40-23)41-24-19(36)18(35)16(33)11(5-28)39-24/h7,11-24,28-29,33-37H,5-6H2,1-4H3,(H,25,30)(H,26,31)(H,27,32)/t7-,11-,12-,13-,14-,15-,16+,17-,18+,19-,20+,21+,22-,23-,24+/m1/s1. The van der Waals surface area contributed by atoms with E-state index in [2.05, 4.69) is 16.0 Å². The normalized spacial score (nSPS) is 44.2. The summed E-state index contributed by atoms with van der Waals surface area (Å²) in [4.78, 5) is 36.0. The van der Waals surface area contributed by atoms with E-state index in [0.717, 1.165) is 6.92 Å². The number of ether oxygens (including phenoxy) is 5. The highest BCUT2D eigenvalue weighted by molar-refractivity contribution is 5.74. The molecule has 3 amide bonds. The molecule has 0 aromatic carbocycles. The molecule has 0 spiro atoms. The number of rotatable bonds is 9. The lowest BCUT2D eigenvalue weighted by molar-refractivity contribution is -0.355. The average molecular weight is 612 g/mol. The molecule has 0 unspecified atom stereocenters. The maximum atomic E-state index is 12.1. The molecule has 3 rings (SSSR count). The molecule has 42 heavy (non-hydrogen) atoms. The summed E-state index contributed by atoms with van der Waals surface area (Å²) in [6.07, 6.45) is -18.3. The Bertz CT molecular complexity index is 915. The molecular formula is C24H41N3O15. The molecule has 15 atom stereocenters. The summed E-state index contributed by atoms with van der Waals surface area (Å²) in [5.74, 6) is -1.72. The smallest absolute Gasteiger partial charge is 0.217 e. The molecular weight excluding hydrogens is 570 g/mol. The van der Waals surface area contributed by atoms with Crippen LogP contribution in [0.2, 0.25) is 0 Å². The van der Waals surface area contributed by atoms with Crippen molar-refractivity contribution in [2.24, 2.45) is 0 Å². The van der Waals surface area contributed by atoms with Crippen LogP contribution in [-0.2, 0) is 38.1 Å². The maximum absolute atomic E-state index is 12.1. The van der Waals surface area contributed by atoms with Crippen LogP contribution < -0.4 is 16.0 Å². The summed E-state index contributed by atoms with van der Waals surface area (Å²) < 4.78 is 28.5. The van der Waals surface area contributed by atoms with Gasteiger partial charge in [-0.15, -0.1) is 0 Å². The third kappa shape index (κ3) is 7.71. The fourth-order valence-corrected chi connectivity index (χ4v) is 5.26. The van der Waals surface area contributed by atoms with E-state index in [9.17, 15) is 50.1 Å². The molecule has 242 valence electrons. The van der Waals surface area contributed by atoms with Crippen molar-refractivity contribution in [2.75, 3.05) is 13.2 Å². The summed E-state index contributed by atoms with van der Waals surface area (Å²) >= 11 is 0. The van der Waals surface area contributed by atoms with Gasteiger partial charge < -0.3 is 75.4 Å². The Morgan fingerprint density at radius 1 is 0.619 bits per heavy atom. The van der Waals surface area contributed by atoms with Gasteiger partial charge in [0.05, 0.1) is 25.4 Å². The van der Waals surface area contributed by atoms with Crippen molar-refractivity contribution in [3.05, 3.63) is 0 Å². The Balaban J connectivity index is 1.92. The van der Waals surface area contributed by atoms with Gasteiger partial charge in [-0.1, -0.05) is 0 Å². The van der Waals surface area contributed by atoms with Gasteiger partial charge in [0.15, 0.2) is 18.9 Å². The lowest BCUT2D eigenvalue weighted by Gasteiger charge is -2.50. The summed E-state index contributed by atoms with van der Waals surface area (Å²) in [5, 5.41) is 79.7. The Kier molecular flexibility index (Phi) is 12.0. The zero-order valence-corrected chi connectivity index (χ0v) is 23.5. The van der Waals surface area contributed by atoms with Crippen molar-refractivity contribution in [3.8, 4) is 0 Å². The van der Waals surface area contributed by atoms with Gasteiger partial charge in [0.2, 0.25) is 17.7 Å². The van der Waals surface area contributed by atoms with Gasteiger partial charge in [0.25, 0.3) is 0 Å². The Labute approximate surface area is 240 Å². The van der Waals surface area contributed by atoms with Crippen molar-refractivity contribution in [1.82, 2.24) is 16.0 Å². The van der Waals surface area contributed by atoms with Crippen LogP contribution >= 0.6 is 0 Å². The molecule has 0 radical (unpaired) electrons. The van der Waals surface area contributed by atoms with E-state index in [1.807, 2.05) is 0 Å². The number of aliphatic hydroxyl groups is 7. The van der Waals surface area contributed by atoms with Gasteiger partial charge >= 0.3 is 0 Å². The van der Waals surface area contributed by atoms with Crippen LogP contribution in [0.5, 0.6) is 0 Å². The lowest BCUT2D eigenvalue weighted by atomic mass is 9.92. The highest BCUT2D eigenvalue weighted by Gasteiger charge is 2.54. The van der Waals surface area contributed by atoms with Crippen LogP contribution in [0.25, 0.3) is 0 Å². The van der Waals surface area contributed by atoms with Crippen molar-refractivity contribution in [3.63, 3.8) is 0 Å². The van der Waals surface area contributed by atoms with E-state index in [-0.39, 0.29) is 0 Å². The van der Waals surface area contributed by atoms with Crippen LogP contribution in [0.4, 0.5) is 0 Å². The van der Waals surface area contributed by atoms with E-state index in [1.165, 1.54) is 20.8 Å². The number of hydrogen-bond donors (Lipinski definition) is 10. The van der Waals surface area contributed by atoms with Gasteiger partial charge in [-0.3, -0.25) is 14.4 Å². The third-order valence-electron chi connectivity index (χ3n) is 7.27. The Hall–Kier alpha value is -2.07. The predicted molar refractivity (Wildman–Crippen MR) is 135 cm³/mol. The second-order valence-electron chi connectivity index (χ2n) is 10.5. The van der Waals surface area contributed by atoms with Crippen LogP contribution in [0.1, 0.15) is 27.7 Å². The molecule has 0 bridgehead atoms. The molecule has 0 aromatic rings. The number of carbonyl (C=O) groups excluding carboxylic acids is 3. The number of nitrogens with one attached hydrogen (secondary N) is 3. The largest absolute Gasteiger partial charge is 0.394 e. The number of hydrogen-bond acceptors (Lipinski definition) is 15. The predicted octanol–water partition coefficient (Wildman–Crippen LogP) is -6.11. The van der Waals surface area contributed by atoms with E-state index >= 15 is 0 Å². The van der Waals surface area contributed by atoms with Crippen molar-refractivity contribution in [2.45, 2.75) is 120 Å². The van der Waals surface area contributed by atoms with Crippen LogP contribution in [0.15, 0.2) is 0 Å². The van der Waals surface area contributed by atoms with Gasteiger partial charge in [-0.2, -0.15) is 0 Å². The van der Waals surface area contributed by atoms with E-state index in [1.54, 1.807) is 0 Å². The molecule has 3 aliphatic rings. The summed E-state index contributed by atoms with van der Waals surface area (Å²) in [6.45, 7) is 3.53. The van der Waals surface area contributed by atoms with Crippen LogP contribution in [0, 0.1) is 0 Å². The SMILES string of the molecule is CC(=O)N[C@@H]1[C@@H](O[C@H]2O[C@H](CO)[C@H](O[C@@H]3O[C@H](CO)[C@H](O)[C@H](O)[C@H]3O)[C@H](O)[C@H]2NC(C)=O)[C@H](NC(C)=O)[C@@H](C)O[C@H]1O. The van der Waals surface area contributed by atoms with Crippen LogP contribution in [0.3, 0.4) is 0 Å². The third-order valence-corrected chi connectivity index (χ3v) is 7.27. The monoisotopic (exact) mass is 611 g/mol. The van der Waals surface area contributed by atoms with Crippen molar-refractivity contribution in [1.29, 1.82) is 0 Å². The molecule has 3 aliphatic heterocycles. The number of amides is 3. The minimum Gasteiger partial charge on any atom is -0.394 e. The first-order valence-corrected chi connectivity index (χ1v) is 13.4. The molecule has 18 nitrogen and oxygen atoms in total. The quantitative estimate of drug-likeness (QED) is 0.116. The fraction of sp³-hybridized carbons (Fsp3) is 0.875.